The van der Waals surface area contributed by atoms with Crippen LogP contribution in [0.4, 0.5) is 5.69 Å². The molecule has 0 atom stereocenters. The van der Waals surface area contributed by atoms with Crippen LogP contribution in [0.15, 0.2) is 39.9 Å². The number of carbonyl (C=O) groups is 1. The Morgan fingerprint density at radius 1 is 1.00 bits per heavy atom. The summed E-state index contributed by atoms with van der Waals surface area (Å²) in [5.41, 5.74) is -0.622. The van der Waals surface area contributed by atoms with Crippen molar-refractivity contribution in [2.75, 3.05) is 4.90 Å². The number of aromatic amines is 2. The lowest BCUT2D eigenvalue weighted by Gasteiger charge is -2.19. The van der Waals surface area contributed by atoms with Crippen LogP contribution in [0.25, 0.3) is 0 Å². The standard InChI is InChI=1S/C15H15N3O3/c1-15(2)10-11(13(20)17-16-12(10)19)18(14(15)21)8-9-6-4-3-5-7-9/h3-7H,8H2,1-2H3,(H,16,19)(H,17,20). The Hall–Kier alpha value is -2.63. The van der Waals surface area contributed by atoms with E-state index in [1.54, 1.807) is 13.8 Å². The average molecular weight is 285 g/mol. The van der Waals surface area contributed by atoms with Gasteiger partial charge in [0.05, 0.1) is 17.5 Å². The first kappa shape index (κ1) is 13.4. The summed E-state index contributed by atoms with van der Waals surface area (Å²) in [4.78, 5) is 38.1. The van der Waals surface area contributed by atoms with Crippen molar-refractivity contribution in [1.29, 1.82) is 0 Å². The number of anilines is 1. The molecule has 6 heteroatoms. The van der Waals surface area contributed by atoms with Gasteiger partial charge in [0.1, 0.15) is 5.69 Å². The van der Waals surface area contributed by atoms with Crippen LogP contribution in [-0.4, -0.2) is 16.1 Å². The van der Waals surface area contributed by atoms with Crippen LogP contribution in [-0.2, 0) is 16.8 Å². The summed E-state index contributed by atoms with van der Waals surface area (Å²) in [5, 5.41) is 4.58. The van der Waals surface area contributed by atoms with Crippen LogP contribution in [0.3, 0.4) is 0 Å². The highest BCUT2D eigenvalue weighted by Crippen LogP contribution is 2.37. The van der Waals surface area contributed by atoms with Gasteiger partial charge in [0.2, 0.25) is 5.91 Å². The molecule has 0 unspecified atom stereocenters. The van der Waals surface area contributed by atoms with Crippen molar-refractivity contribution in [2.45, 2.75) is 25.8 Å². The number of nitrogens with one attached hydrogen (secondary N) is 2. The Kier molecular flexibility index (Phi) is 2.83. The fourth-order valence-electron chi connectivity index (χ4n) is 2.76. The molecule has 6 nitrogen and oxygen atoms in total. The summed E-state index contributed by atoms with van der Waals surface area (Å²) in [6.07, 6.45) is 0. The van der Waals surface area contributed by atoms with Crippen molar-refractivity contribution < 1.29 is 4.79 Å². The first-order valence-electron chi connectivity index (χ1n) is 6.64. The van der Waals surface area contributed by atoms with Gasteiger partial charge in [0.15, 0.2) is 0 Å². The van der Waals surface area contributed by atoms with Gasteiger partial charge in [0, 0.05) is 0 Å². The van der Waals surface area contributed by atoms with Crippen LogP contribution >= 0.6 is 0 Å². The van der Waals surface area contributed by atoms with Crippen LogP contribution in [0, 0.1) is 0 Å². The Morgan fingerprint density at radius 2 is 1.62 bits per heavy atom. The second kappa shape index (κ2) is 4.44. The van der Waals surface area contributed by atoms with E-state index in [9.17, 15) is 14.4 Å². The van der Waals surface area contributed by atoms with Gasteiger partial charge in [-0.05, 0) is 19.4 Å². The molecule has 0 fully saturated rings. The monoisotopic (exact) mass is 285 g/mol. The SMILES string of the molecule is CC1(C)C(=O)N(Cc2ccccc2)c2c1c(=O)[nH][nH]c2=O. The lowest BCUT2D eigenvalue weighted by molar-refractivity contribution is -0.122. The molecular weight excluding hydrogens is 270 g/mol. The predicted octanol–water partition coefficient (Wildman–Crippen LogP) is 0.888. The Morgan fingerprint density at radius 3 is 2.29 bits per heavy atom. The summed E-state index contributed by atoms with van der Waals surface area (Å²) in [7, 11) is 0. The van der Waals surface area contributed by atoms with E-state index in [1.165, 1.54) is 4.90 Å². The molecule has 0 saturated carbocycles. The summed E-state index contributed by atoms with van der Waals surface area (Å²) >= 11 is 0. The zero-order valence-corrected chi connectivity index (χ0v) is 11.8. The van der Waals surface area contributed by atoms with Crippen molar-refractivity contribution in [1.82, 2.24) is 10.2 Å². The lowest BCUT2D eigenvalue weighted by atomic mass is 9.87. The molecule has 21 heavy (non-hydrogen) atoms. The zero-order valence-electron chi connectivity index (χ0n) is 11.8. The molecule has 3 rings (SSSR count). The smallest absolute Gasteiger partial charge is 0.286 e. The van der Waals surface area contributed by atoms with Gasteiger partial charge in [-0.15, -0.1) is 0 Å². The minimum atomic E-state index is -1.01. The molecule has 0 spiro atoms. The molecule has 0 bridgehead atoms. The number of fused-ring (bicyclic) bond motifs is 1. The van der Waals surface area contributed by atoms with E-state index in [0.29, 0.717) is 0 Å². The maximum absolute atomic E-state index is 12.6. The molecule has 1 aliphatic heterocycles. The van der Waals surface area contributed by atoms with Gasteiger partial charge in [-0.25, -0.2) is 0 Å². The van der Waals surface area contributed by atoms with Crippen molar-refractivity contribution in [3.05, 3.63) is 62.2 Å². The highest BCUT2D eigenvalue weighted by molar-refractivity contribution is 6.07. The van der Waals surface area contributed by atoms with E-state index in [4.69, 9.17) is 0 Å². The molecule has 2 N–H and O–H groups in total. The topological polar surface area (TPSA) is 86.0 Å². The van der Waals surface area contributed by atoms with Crippen molar-refractivity contribution in [3.8, 4) is 0 Å². The Labute approximate surface area is 120 Å². The second-order valence-corrected chi connectivity index (χ2v) is 5.63. The summed E-state index contributed by atoms with van der Waals surface area (Å²) in [5.74, 6) is -0.247. The molecule has 1 amide bonds. The van der Waals surface area contributed by atoms with E-state index in [-0.39, 0.29) is 23.7 Å². The number of hydrogen-bond donors (Lipinski definition) is 2. The fourth-order valence-corrected chi connectivity index (χ4v) is 2.76. The second-order valence-electron chi connectivity index (χ2n) is 5.63. The number of benzene rings is 1. The molecule has 0 aliphatic carbocycles. The Bertz CT molecular complexity index is 818. The third kappa shape index (κ3) is 1.91. The molecule has 108 valence electrons. The number of carbonyl (C=O) groups excluding carboxylic acids is 1. The van der Waals surface area contributed by atoms with Gasteiger partial charge >= 0.3 is 0 Å². The lowest BCUT2D eigenvalue weighted by Crippen LogP contribution is -2.37. The quantitative estimate of drug-likeness (QED) is 0.859. The van der Waals surface area contributed by atoms with Crippen molar-refractivity contribution in [3.63, 3.8) is 0 Å². The van der Waals surface area contributed by atoms with Gasteiger partial charge < -0.3 is 4.90 Å². The molecule has 1 aromatic heterocycles. The highest BCUT2D eigenvalue weighted by Gasteiger charge is 2.47. The van der Waals surface area contributed by atoms with Crippen LogP contribution in [0.2, 0.25) is 0 Å². The third-order valence-corrected chi connectivity index (χ3v) is 3.83. The van der Waals surface area contributed by atoms with Gasteiger partial charge in [-0.2, -0.15) is 0 Å². The molecule has 0 saturated heterocycles. The molecule has 0 radical (unpaired) electrons. The van der Waals surface area contributed by atoms with Crippen molar-refractivity contribution in [2.24, 2.45) is 0 Å². The fraction of sp³-hybridized carbons (Fsp3) is 0.267. The summed E-state index contributed by atoms with van der Waals surface area (Å²) < 4.78 is 0. The van der Waals surface area contributed by atoms with Crippen molar-refractivity contribution >= 4 is 11.6 Å². The first-order valence-corrected chi connectivity index (χ1v) is 6.64. The van der Waals surface area contributed by atoms with E-state index < -0.39 is 16.5 Å². The predicted molar refractivity (Wildman–Crippen MR) is 78.3 cm³/mol. The molecule has 2 heterocycles. The van der Waals surface area contributed by atoms with Crippen LogP contribution < -0.4 is 16.0 Å². The Balaban J connectivity index is 2.17. The average Bonchev–Trinajstić information content (AvgIpc) is 2.66. The van der Waals surface area contributed by atoms with E-state index in [1.807, 2.05) is 30.3 Å². The molecular formula is C15H15N3O3. The normalized spacial score (nSPS) is 16.1. The van der Waals surface area contributed by atoms with Crippen LogP contribution in [0.5, 0.6) is 0 Å². The number of amides is 1. The highest BCUT2D eigenvalue weighted by atomic mass is 16.2. The number of H-pyrrole nitrogens is 2. The number of hydrogen-bond acceptors (Lipinski definition) is 3. The minimum Gasteiger partial charge on any atom is -0.302 e. The third-order valence-electron chi connectivity index (χ3n) is 3.83. The minimum absolute atomic E-state index is 0.151. The number of aromatic nitrogens is 2. The first-order chi connectivity index (χ1) is 9.93. The van der Waals surface area contributed by atoms with Crippen LogP contribution in [0.1, 0.15) is 25.0 Å². The van der Waals surface area contributed by atoms with Gasteiger partial charge in [0.25, 0.3) is 11.1 Å². The van der Waals surface area contributed by atoms with E-state index in [2.05, 4.69) is 10.2 Å². The van der Waals surface area contributed by atoms with E-state index >= 15 is 0 Å². The van der Waals surface area contributed by atoms with Gasteiger partial charge in [-0.1, -0.05) is 30.3 Å². The largest absolute Gasteiger partial charge is 0.302 e. The maximum atomic E-state index is 12.6. The van der Waals surface area contributed by atoms with E-state index in [0.717, 1.165) is 5.56 Å². The number of nitrogens with zero attached hydrogens (tertiary/aromatic N) is 1. The molecule has 2 aromatic rings. The summed E-state index contributed by atoms with van der Waals surface area (Å²) in [6, 6.07) is 9.36. The summed E-state index contributed by atoms with van der Waals surface area (Å²) in [6.45, 7) is 3.59. The maximum Gasteiger partial charge on any atom is 0.286 e. The zero-order chi connectivity index (χ0) is 15.2. The number of rotatable bonds is 2. The molecule has 1 aromatic carbocycles. The van der Waals surface area contributed by atoms with Gasteiger partial charge in [-0.3, -0.25) is 24.6 Å². The molecule has 1 aliphatic rings.